The van der Waals surface area contributed by atoms with Crippen molar-refractivity contribution in [2.24, 2.45) is 0 Å². The van der Waals surface area contributed by atoms with Crippen molar-refractivity contribution in [1.29, 1.82) is 0 Å². The topological polar surface area (TPSA) is 33.5 Å². The minimum Gasteiger partial charge on any atom is -0.509 e. The fourth-order valence-corrected chi connectivity index (χ4v) is 11.1. The van der Waals surface area contributed by atoms with Crippen molar-refractivity contribution in [2.75, 3.05) is 9.80 Å². The van der Waals surface area contributed by atoms with Crippen molar-refractivity contribution >= 4 is 33.2 Å². The van der Waals surface area contributed by atoms with Crippen LogP contribution in [0.5, 0.6) is 11.5 Å². The second-order valence-electron chi connectivity index (χ2n) is 19.7. The molecule has 0 saturated carbocycles. The molecule has 1 aliphatic heterocycles. The number of hydrogen-bond donors (Lipinski definition) is 0. The molecule has 13 rings (SSSR count). The van der Waals surface area contributed by atoms with E-state index >= 15 is 0 Å². The monoisotopic (exact) mass is 1120 g/mol. The van der Waals surface area contributed by atoms with Crippen LogP contribution >= 0.6 is 0 Å². The van der Waals surface area contributed by atoms with E-state index in [-0.39, 0.29) is 26.5 Å². The van der Waals surface area contributed by atoms with E-state index in [9.17, 15) is 0 Å². The zero-order valence-corrected chi connectivity index (χ0v) is 42.9. The number of hydrogen-bond acceptors (Lipinski definition) is 4. The normalized spacial score (nSPS) is 13.5. The first kappa shape index (κ1) is 45.9. The second-order valence-corrected chi connectivity index (χ2v) is 19.7. The van der Waals surface area contributed by atoms with E-state index in [0.717, 1.165) is 61.3 Å². The first-order valence-corrected chi connectivity index (χ1v) is 24.6. The predicted molar refractivity (Wildman–Crippen MR) is 294 cm³/mol. The SMILES string of the molecule is CC(C)(C)c1ccnc(-n2c3[c-]c(Oc4[c-]c(N5C=CN(c6c(-c7ccccc7)cc(C7(c8ccccc8)c8ccccc8-c8ccccc87)cc6-c6ccccc6)[CH-]5)ccc4)ccc3c3ccccc32)c1.[Pt]. The van der Waals surface area contributed by atoms with Crippen molar-refractivity contribution in [3.63, 3.8) is 0 Å². The zero-order chi connectivity index (χ0) is 48.4. The number of nitrogens with zero attached hydrogens (tertiary/aromatic N) is 4. The van der Waals surface area contributed by atoms with Gasteiger partial charge in [-0.1, -0.05) is 184 Å². The molecule has 9 aromatic carbocycles. The number of ether oxygens (including phenoxy) is 1. The van der Waals surface area contributed by atoms with Crippen molar-refractivity contribution in [3.8, 4) is 50.7 Å². The van der Waals surface area contributed by atoms with E-state index in [1.807, 2.05) is 24.4 Å². The summed E-state index contributed by atoms with van der Waals surface area (Å²) in [6.45, 7) is 8.83. The maximum Gasteiger partial charge on any atom is 0.135 e. The van der Waals surface area contributed by atoms with E-state index < -0.39 is 5.41 Å². The largest absolute Gasteiger partial charge is 0.509 e. The Balaban J connectivity index is 0.00000543. The molecule has 0 spiro atoms. The van der Waals surface area contributed by atoms with Gasteiger partial charge in [0, 0.05) is 61.1 Å². The van der Waals surface area contributed by atoms with Crippen LogP contribution < -0.4 is 14.5 Å². The van der Waals surface area contributed by atoms with Gasteiger partial charge in [-0.05, 0) is 104 Å². The molecule has 2 aliphatic rings. The van der Waals surface area contributed by atoms with Crippen LogP contribution in [0.15, 0.2) is 237 Å². The summed E-state index contributed by atoms with van der Waals surface area (Å²) in [6, 6.07) is 85.5. The Morgan fingerprint density at radius 3 is 1.77 bits per heavy atom. The van der Waals surface area contributed by atoms with Gasteiger partial charge in [0.1, 0.15) is 5.82 Å². The van der Waals surface area contributed by atoms with E-state index in [4.69, 9.17) is 9.72 Å². The van der Waals surface area contributed by atoms with Crippen molar-refractivity contribution in [2.45, 2.75) is 31.6 Å². The smallest absolute Gasteiger partial charge is 0.135 e. The van der Waals surface area contributed by atoms with Gasteiger partial charge in [0.2, 0.25) is 0 Å². The van der Waals surface area contributed by atoms with Gasteiger partial charge in [-0.15, -0.1) is 48.1 Å². The van der Waals surface area contributed by atoms with Crippen LogP contribution in [0.2, 0.25) is 0 Å². The fourth-order valence-electron chi connectivity index (χ4n) is 11.1. The van der Waals surface area contributed by atoms with Crippen LogP contribution in [0, 0.1) is 18.8 Å². The average molecular weight is 1120 g/mol. The van der Waals surface area contributed by atoms with Gasteiger partial charge in [0.15, 0.2) is 0 Å². The molecule has 3 heterocycles. The molecule has 0 fully saturated rings. The molecule has 0 amide bonds. The molecular formula is C67H49N4OPt-3. The summed E-state index contributed by atoms with van der Waals surface area (Å²) in [5.74, 6) is 2.03. The quantitative estimate of drug-likeness (QED) is 0.135. The van der Waals surface area contributed by atoms with Gasteiger partial charge < -0.3 is 19.1 Å². The molecule has 356 valence electrons. The van der Waals surface area contributed by atoms with E-state index in [0.29, 0.717) is 11.5 Å². The molecule has 2 aromatic heterocycles. The van der Waals surface area contributed by atoms with E-state index in [2.05, 4.69) is 267 Å². The summed E-state index contributed by atoms with van der Waals surface area (Å²) in [5, 5.41) is 2.22. The Labute approximate surface area is 441 Å². The molecule has 11 aromatic rings. The number of fused-ring (bicyclic) bond motifs is 6. The molecule has 0 unspecified atom stereocenters. The minimum absolute atomic E-state index is 0. The van der Waals surface area contributed by atoms with Crippen molar-refractivity contribution in [3.05, 3.63) is 284 Å². The van der Waals surface area contributed by atoms with Crippen molar-refractivity contribution in [1.82, 2.24) is 9.55 Å². The molecular weight excluding hydrogens is 1070 g/mol. The molecule has 0 radical (unpaired) electrons. The van der Waals surface area contributed by atoms with Gasteiger partial charge in [-0.3, -0.25) is 0 Å². The molecule has 6 heteroatoms. The Morgan fingerprint density at radius 1 is 0.507 bits per heavy atom. The number of anilines is 2. The molecule has 0 saturated heterocycles. The predicted octanol–water partition coefficient (Wildman–Crippen LogP) is 16.5. The van der Waals surface area contributed by atoms with Gasteiger partial charge in [0.05, 0.1) is 5.41 Å². The van der Waals surface area contributed by atoms with Gasteiger partial charge >= 0.3 is 0 Å². The first-order chi connectivity index (χ1) is 35.3. The van der Waals surface area contributed by atoms with E-state index in [1.54, 1.807) is 0 Å². The maximum absolute atomic E-state index is 6.65. The molecule has 0 bridgehead atoms. The molecule has 1 aliphatic carbocycles. The molecule has 5 nitrogen and oxygen atoms in total. The van der Waals surface area contributed by atoms with Crippen molar-refractivity contribution < 1.29 is 25.8 Å². The van der Waals surface area contributed by atoms with Gasteiger partial charge in [-0.2, -0.15) is 12.1 Å². The van der Waals surface area contributed by atoms with Gasteiger partial charge in [0.25, 0.3) is 0 Å². The summed E-state index contributed by atoms with van der Waals surface area (Å²) in [7, 11) is 0. The number of benzene rings is 9. The summed E-state index contributed by atoms with van der Waals surface area (Å²) in [5.41, 5.74) is 16.5. The fraction of sp³-hybridized carbons (Fsp3) is 0.0746. The van der Waals surface area contributed by atoms with Crippen LogP contribution in [-0.2, 0) is 31.9 Å². The third-order valence-electron chi connectivity index (χ3n) is 14.4. The van der Waals surface area contributed by atoms with Crippen LogP contribution in [-0.4, -0.2) is 9.55 Å². The second kappa shape index (κ2) is 18.4. The summed E-state index contributed by atoms with van der Waals surface area (Å²) in [4.78, 5) is 9.23. The molecule has 73 heavy (non-hydrogen) atoms. The summed E-state index contributed by atoms with van der Waals surface area (Å²) < 4.78 is 8.84. The Hall–Kier alpha value is -8.24. The summed E-state index contributed by atoms with van der Waals surface area (Å²) in [6.07, 6.45) is 6.14. The Kier molecular flexibility index (Phi) is 11.6. The standard InChI is InChI=1S/C67H49N4O.Pt/c1-66(2,3)49-36-37-68-64(42-49)71-62-33-18-15-30-56(62)57-35-34-53(44-63(57)71)72-52-27-19-26-51(43-52)69-38-39-70(45-69)65-58(46-20-7-4-8-21-46)40-50(41-59(65)47-22-9-5-10-23-47)67(48-24-11-6-12-25-48)60-31-16-13-28-54(60)55-29-14-17-32-61(55)67;/h4-42,45H,1-3H3;/q-3;. The number of para-hydroxylation sites is 1. The van der Waals surface area contributed by atoms with E-state index in [1.165, 1.54) is 38.9 Å². The third kappa shape index (κ3) is 7.78. The van der Waals surface area contributed by atoms with Crippen LogP contribution in [0.4, 0.5) is 11.4 Å². The maximum atomic E-state index is 6.65. The Morgan fingerprint density at radius 2 is 1.10 bits per heavy atom. The molecule has 0 N–H and O–H groups in total. The first-order valence-electron chi connectivity index (χ1n) is 24.6. The van der Waals surface area contributed by atoms with Gasteiger partial charge in [-0.25, -0.2) is 4.98 Å². The number of rotatable bonds is 9. The molecule has 0 atom stereocenters. The number of pyridine rings is 1. The average Bonchev–Trinajstić information content (AvgIpc) is 4.14. The van der Waals surface area contributed by atoms with Crippen LogP contribution in [0.25, 0.3) is 61.0 Å². The zero-order valence-electron chi connectivity index (χ0n) is 40.6. The third-order valence-corrected chi connectivity index (χ3v) is 14.4. The Bertz CT molecular complexity index is 3770. The minimum atomic E-state index is -0.585. The summed E-state index contributed by atoms with van der Waals surface area (Å²) >= 11 is 0. The van der Waals surface area contributed by atoms with Crippen LogP contribution in [0.1, 0.15) is 48.6 Å². The number of aromatic nitrogens is 2. The van der Waals surface area contributed by atoms with Crippen LogP contribution in [0.3, 0.4) is 0 Å².